The molecular formula is C17H19N3O5. The van der Waals surface area contributed by atoms with Gasteiger partial charge in [0.25, 0.3) is 5.91 Å². The third-order valence-electron chi connectivity index (χ3n) is 4.70. The molecule has 0 radical (unpaired) electrons. The first-order valence-electron chi connectivity index (χ1n) is 8.14. The fourth-order valence-electron chi connectivity index (χ4n) is 3.30. The molecule has 0 bridgehead atoms. The van der Waals surface area contributed by atoms with Crippen molar-refractivity contribution < 1.29 is 24.3 Å². The number of rotatable bonds is 5. The van der Waals surface area contributed by atoms with Crippen LogP contribution in [0.2, 0.25) is 0 Å². The van der Waals surface area contributed by atoms with Crippen molar-refractivity contribution in [1.82, 2.24) is 15.5 Å². The smallest absolute Gasteiger partial charge is 0.335 e. The Balaban J connectivity index is 1.55. The number of carbonyl (C=O) groups is 4. The summed E-state index contributed by atoms with van der Waals surface area (Å²) in [6, 6.07) is 5.58. The number of hydrogen-bond acceptors (Lipinski definition) is 4. The van der Waals surface area contributed by atoms with Crippen LogP contribution in [-0.4, -0.2) is 45.9 Å². The van der Waals surface area contributed by atoms with Crippen LogP contribution in [0.1, 0.15) is 41.6 Å². The van der Waals surface area contributed by atoms with Gasteiger partial charge >= 0.3 is 12.0 Å². The van der Waals surface area contributed by atoms with Crippen LogP contribution in [0.3, 0.4) is 0 Å². The van der Waals surface area contributed by atoms with Gasteiger partial charge in [-0.25, -0.2) is 9.59 Å². The molecule has 132 valence electrons. The summed E-state index contributed by atoms with van der Waals surface area (Å²) in [5.41, 5.74) is 0.0726. The number of carboxylic acids is 1. The number of carboxylic acid groups (broad SMARTS) is 1. The molecule has 1 saturated carbocycles. The van der Waals surface area contributed by atoms with Gasteiger partial charge < -0.3 is 15.7 Å². The molecule has 0 unspecified atom stereocenters. The molecule has 25 heavy (non-hydrogen) atoms. The van der Waals surface area contributed by atoms with Gasteiger partial charge in [-0.05, 0) is 30.5 Å². The molecule has 4 amide bonds. The van der Waals surface area contributed by atoms with Gasteiger partial charge in [-0.15, -0.1) is 0 Å². The average molecular weight is 345 g/mol. The third kappa shape index (κ3) is 3.33. The molecule has 3 rings (SSSR count). The quantitative estimate of drug-likeness (QED) is 0.685. The number of hydrogen-bond donors (Lipinski definition) is 3. The molecule has 0 aromatic heterocycles. The monoisotopic (exact) mass is 345 g/mol. The zero-order valence-corrected chi connectivity index (χ0v) is 13.6. The molecule has 2 fully saturated rings. The number of nitrogens with zero attached hydrogens (tertiary/aromatic N) is 1. The second-order valence-corrected chi connectivity index (χ2v) is 6.39. The van der Waals surface area contributed by atoms with E-state index in [0.29, 0.717) is 12.8 Å². The number of amides is 4. The molecule has 3 N–H and O–H groups in total. The molecule has 1 aliphatic heterocycles. The third-order valence-corrected chi connectivity index (χ3v) is 4.70. The van der Waals surface area contributed by atoms with Crippen molar-refractivity contribution in [2.24, 2.45) is 0 Å². The average Bonchev–Trinajstić information content (AvgIpc) is 3.14. The van der Waals surface area contributed by atoms with E-state index in [0.717, 1.165) is 23.3 Å². The van der Waals surface area contributed by atoms with Gasteiger partial charge in [-0.3, -0.25) is 14.5 Å². The Bertz CT molecular complexity index is 722. The largest absolute Gasteiger partial charge is 0.478 e. The van der Waals surface area contributed by atoms with Crippen LogP contribution >= 0.6 is 0 Å². The zero-order valence-electron chi connectivity index (χ0n) is 13.6. The highest BCUT2D eigenvalue weighted by Crippen LogP contribution is 2.34. The minimum absolute atomic E-state index is 0.163. The van der Waals surface area contributed by atoms with Gasteiger partial charge in [-0.1, -0.05) is 25.0 Å². The molecular weight excluding hydrogens is 326 g/mol. The van der Waals surface area contributed by atoms with Crippen LogP contribution < -0.4 is 10.6 Å². The lowest BCUT2D eigenvalue weighted by atomic mass is 9.98. The second kappa shape index (κ2) is 6.54. The lowest BCUT2D eigenvalue weighted by Crippen LogP contribution is -2.45. The molecule has 1 spiro atoms. The summed E-state index contributed by atoms with van der Waals surface area (Å²) in [5, 5.41) is 14.2. The number of nitrogens with one attached hydrogen (secondary N) is 2. The van der Waals surface area contributed by atoms with Gasteiger partial charge in [0.1, 0.15) is 12.1 Å². The molecule has 1 aromatic rings. The van der Waals surface area contributed by atoms with Crippen molar-refractivity contribution in [3.05, 3.63) is 35.4 Å². The molecule has 1 heterocycles. The predicted molar refractivity (Wildman–Crippen MR) is 86.7 cm³/mol. The molecule has 8 heteroatoms. The van der Waals surface area contributed by atoms with E-state index in [1.807, 2.05) is 0 Å². The van der Waals surface area contributed by atoms with E-state index in [-0.39, 0.29) is 24.6 Å². The maximum absolute atomic E-state index is 12.5. The second-order valence-electron chi connectivity index (χ2n) is 6.39. The minimum atomic E-state index is -1.02. The molecule has 0 atom stereocenters. The van der Waals surface area contributed by atoms with Crippen LogP contribution in [0.15, 0.2) is 24.3 Å². The highest BCUT2D eigenvalue weighted by atomic mass is 16.4. The van der Waals surface area contributed by atoms with E-state index < -0.39 is 23.4 Å². The Kier molecular flexibility index (Phi) is 4.43. The predicted octanol–water partition coefficient (Wildman–Crippen LogP) is 0.866. The summed E-state index contributed by atoms with van der Waals surface area (Å²) >= 11 is 0. The van der Waals surface area contributed by atoms with Crippen molar-refractivity contribution in [1.29, 1.82) is 0 Å². The zero-order chi connectivity index (χ0) is 18.0. The normalized spacial score (nSPS) is 18.5. The van der Waals surface area contributed by atoms with Crippen molar-refractivity contribution >= 4 is 23.8 Å². The Labute approximate surface area is 144 Å². The molecule has 1 aliphatic carbocycles. The molecule has 1 saturated heterocycles. The van der Waals surface area contributed by atoms with E-state index >= 15 is 0 Å². The number of imide groups is 1. The SMILES string of the molecule is O=C(CN1C(=O)NC2(CCCC2)C1=O)NCc1ccc(C(=O)O)cc1. The van der Waals surface area contributed by atoms with Crippen LogP contribution in [-0.2, 0) is 16.1 Å². The van der Waals surface area contributed by atoms with E-state index in [2.05, 4.69) is 10.6 Å². The highest BCUT2D eigenvalue weighted by molar-refractivity contribution is 6.09. The van der Waals surface area contributed by atoms with Crippen LogP contribution in [0, 0.1) is 0 Å². The Morgan fingerprint density at radius 3 is 2.40 bits per heavy atom. The van der Waals surface area contributed by atoms with Crippen LogP contribution in [0.25, 0.3) is 0 Å². The molecule has 2 aliphatic rings. The van der Waals surface area contributed by atoms with Gasteiger partial charge in [0.05, 0.1) is 5.56 Å². The van der Waals surface area contributed by atoms with E-state index in [9.17, 15) is 19.2 Å². The van der Waals surface area contributed by atoms with E-state index in [1.165, 1.54) is 12.1 Å². The molecule has 1 aromatic carbocycles. The lowest BCUT2D eigenvalue weighted by molar-refractivity contribution is -0.134. The highest BCUT2D eigenvalue weighted by Gasteiger charge is 2.52. The van der Waals surface area contributed by atoms with Gasteiger partial charge in [0, 0.05) is 6.54 Å². The maximum atomic E-state index is 12.5. The Morgan fingerprint density at radius 2 is 1.80 bits per heavy atom. The summed E-state index contributed by atoms with van der Waals surface area (Å²) in [6.45, 7) is -0.132. The van der Waals surface area contributed by atoms with E-state index in [1.54, 1.807) is 12.1 Å². The Morgan fingerprint density at radius 1 is 1.16 bits per heavy atom. The maximum Gasteiger partial charge on any atom is 0.335 e. The van der Waals surface area contributed by atoms with Crippen molar-refractivity contribution in [2.75, 3.05) is 6.54 Å². The summed E-state index contributed by atoms with van der Waals surface area (Å²) in [6.07, 6.45) is 3.01. The lowest BCUT2D eigenvalue weighted by Gasteiger charge is -2.19. The van der Waals surface area contributed by atoms with Gasteiger partial charge in [0.15, 0.2) is 0 Å². The first-order chi connectivity index (χ1) is 11.9. The summed E-state index contributed by atoms with van der Waals surface area (Å²) in [4.78, 5) is 48.3. The summed E-state index contributed by atoms with van der Waals surface area (Å²) in [7, 11) is 0. The van der Waals surface area contributed by atoms with Crippen molar-refractivity contribution in [3.8, 4) is 0 Å². The number of aromatic carboxylic acids is 1. The molecule has 8 nitrogen and oxygen atoms in total. The minimum Gasteiger partial charge on any atom is -0.478 e. The summed E-state index contributed by atoms with van der Waals surface area (Å²) < 4.78 is 0. The number of carbonyl (C=O) groups excluding carboxylic acids is 3. The van der Waals surface area contributed by atoms with Crippen molar-refractivity contribution in [2.45, 2.75) is 37.8 Å². The van der Waals surface area contributed by atoms with Crippen LogP contribution in [0.4, 0.5) is 4.79 Å². The van der Waals surface area contributed by atoms with Gasteiger partial charge in [0.2, 0.25) is 5.91 Å². The summed E-state index contributed by atoms with van der Waals surface area (Å²) in [5.74, 6) is -1.79. The fourth-order valence-corrected chi connectivity index (χ4v) is 3.30. The number of benzene rings is 1. The fraction of sp³-hybridized carbons (Fsp3) is 0.412. The van der Waals surface area contributed by atoms with Gasteiger partial charge in [-0.2, -0.15) is 0 Å². The standard InChI is InChI=1S/C17H19N3O5/c21-13(18-9-11-3-5-12(6-4-11)14(22)23)10-20-15(24)17(19-16(20)25)7-1-2-8-17/h3-6H,1-2,7-10H2,(H,18,21)(H,19,25)(H,22,23). The Hall–Kier alpha value is -2.90. The first-order valence-corrected chi connectivity index (χ1v) is 8.14. The number of urea groups is 1. The van der Waals surface area contributed by atoms with E-state index in [4.69, 9.17) is 5.11 Å². The first kappa shape index (κ1) is 16.9. The van der Waals surface area contributed by atoms with Crippen molar-refractivity contribution in [3.63, 3.8) is 0 Å². The topological polar surface area (TPSA) is 116 Å². The van der Waals surface area contributed by atoms with Crippen LogP contribution in [0.5, 0.6) is 0 Å².